The van der Waals surface area contributed by atoms with Crippen LogP contribution in [0.2, 0.25) is 5.02 Å². The second kappa shape index (κ2) is 7.92. The van der Waals surface area contributed by atoms with E-state index in [-0.39, 0.29) is 12.4 Å². The fourth-order valence-electron chi connectivity index (χ4n) is 2.81. The minimum Gasteiger partial charge on any atom is -0.454 e. The smallest absolute Gasteiger partial charge is 0.339 e. The average Bonchev–Trinajstić information content (AvgIpc) is 3.16. The van der Waals surface area contributed by atoms with Gasteiger partial charge < -0.3 is 4.74 Å². The molecular formula is C22H14ClNO3S. The number of hydrogen-bond acceptors (Lipinski definition) is 5. The molecule has 0 saturated heterocycles. The highest BCUT2D eigenvalue weighted by Gasteiger charge is 2.19. The average molecular weight is 408 g/mol. The third kappa shape index (κ3) is 3.67. The summed E-state index contributed by atoms with van der Waals surface area (Å²) in [5.41, 5.74) is 2.25. The van der Waals surface area contributed by atoms with Crippen LogP contribution in [0.15, 0.2) is 72.8 Å². The second-order valence-electron chi connectivity index (χ2n) is 6.01. The van der Waals surface area contributed by atoms with Gasteiger partial charge in [-0.2, -0.15) is 0 Å². The third-order valence-corrected chi connectivity index (χ3v) is 5.58. The summed E-state index contributed by atoms with van der Waals surface area (Å²) in [6.07, 6.45) is 0. The Hall–Kier alpha value is -3.02. The van der Waals surface area contributed by atoms with E-state index in [0.29, 0.717) is 21.7 Å². The molecule has 1 heterocycles. The van der Waals surface area contributed by atoms with Gasteiger partial charge in [0.1, 0.15) is 5.01 Å². The van der Waals surface area contributed by atoms with Crippen molar-refractivity contribution in [1.82, 2.24) is 4.98 Å². The number of esters is 1. The van der Waals surface area contributed by atoms with Gasteiger partial charge in [0.15, 0.2) is 6.61 Å². The Balaban J connectivity index is 1.57. The summed E-state index contributed by atoms with van der Waals surface area (Å²) < 4.78 is 6.30. The molecule has 138 valence electrons. The molecule has 0 atom stereocenters. The van der Waals surface area contributed by atoms with Gasteiger partial charge in [-0.25, -0.2) is 9.78 Å². The number of nitrogens with zero attached hydrogens (tertiary/aromatic N) is 1. The molecule has 0 fully saturated rings. The Bertz CT molecular complexity index is 1150. The van der Waals surface area contributed by atoms with Crippen LogP contribution in [0.4, 0.5) is 0 Å². The van der Waals surface area contributed by atoms with E-state index < -0.39 is 5.97 Å². The zero-order valence-corrected chi connectivity index (χ0v) is 16.2. The van der Waals surface area contributed by atoms with Crippen molar-refractivity contribution in [2.24, 2.45) is 0 Å². The zero-order valence-electron chi connectivity index (χ0n) is 14.6. The summed E-state index contributed by atoms with van der Waals surface area (Å²) in [7, 11) is 0. The first-order valence-corrected chi connectivity index (χ1v) is 9.73. The lowest BCUT2D eigenvalue weighted by Crippen LogP contribution is -2.15. The second-order valence-corrected chi connectivity index (χ2v) is 7.45. The highest BCUT2D eigenvalue weighted by molar-refractivity contribution is 7.21. The molecular weight excluding hydrogens is 394 g/mol. The number of ether oxygens (including phenoxy) is 1. The molecule has 0 N–H and O–H groups in total. The lowest BCUT2D eigenvalue weighted by molar-refractivity contribution is 0.0475. The van der Waals surface area contributed by atoms with Crippen molar-refractivity contribution >= 4 is 44.9 Å². The molecule has 28 heavy (non-hydrogen) atoms. The number of benzene rings is 3. The molecule has 4 rings (SSSR count). The van der Waals surface area contributed by atoms with Crippen molar-refractivity contribution in [2.45, 2.75) is 0 Å². The maximum atomic E-state index is 12.6. The Morgan fingerprint density at radius 2 is 1.57 bits per heavy atom. The summed E-state index contributed by atoms with van der Waals surface area (Å²) >= 11 is 7.53. The molecule has 0 unspecified atom stereocenters. The topological polar surface area (TPSA) is 56.3 Å². The fourth-order valence-corrected chi connectivity index (χ4v) is 4.06. The highest BCUT2D eigenvalue weighted by atomic mass is 35.5. The monoisotopic (exact) mass is 407 g/mol. The number of halogens is 1. The van der Waals surface area contributed by atoms with Crippen molar-refractivity contribution in [3.63, 3.8) is 0 Å². The summed E-state index contributed by atoms with van der Waals surface area (Å²) in [5, 5.41) is 1.06. The lowest BCUT2D eigenvalue weighted by Gasteiger charge is -2.08. The molecule has 3 aromatic carbocycles. The predicted octanol–water partition coefficient (Wildman–Crippen LogP) is 5.66. The van der Waals surface area contributed by atoms with Gasteiger partial charge >= 0.3 is 5.97 Å². The van der Waals surface area contributed by atoms with Crippen LogP contribution in [0, 0.1) is 0 Å². The van der Waals surface area contributed by atoms with Crippen molar-refractivity contribution in [1.29, 1.82) is 0 Å². The maximum Gasteiger partial charge on any atom is 0.339 e. The number of thiazole rings is 1. The number of carbonyl (C=O) groups is 2. The van der Waals surface area contributed by atoms with E-state index in [1.54, 1.807) is 36.4 Å². The maximum absolute atomic E-state index is 12.6. The van der Waals surface area contributed by atoms with Gasteiger partial charge in [0, 0.05) is 11.1 Å². The minimum atomic E-state index is -0.574. The van der Waals surface area contributed by atoms with E-state index in [9.17, 15) is 9.59 Å². The van der Waals surface area contributed by atoms with Crippen molar-refractivity contribution in [3.05, 3.63) is 88.9 Å². The number of ketones is 1. The Morgan fingerprint density at radius 1 is 0.893 bits per heavy atom. The van der Waals surface area contributed by atoms with Crippen LogP contribution in [-0.4, -0.2) is 23.3 Å². The number of para-hydroxylation sites is 1. The first kappa shape index (κ1) is 18.3. The van der Waals surface area contributed by atoms with Gasteiger partial charge in [0.05, 0.1) is 20.8 Å². The van der Waals surface area contributed by atoms with Gasteiger partial charge in [-0.1, -0.05) is 54.1 Å². The SMILES string of the molecule is O=C(COC(=O)c1ccccc1-c1nc2ccccc2s1)c1ccccc1Cl. The van der Waals surface area contributed by atoms with Gasteiger partial charge in [0.25, 0.3) is 0 Å². The molecule has 0 radical (unpaired) electrons. The van der Waals surface area contributed by atoms with Crippen LogP contribution in [0.1, 0.15) is 20.7 Å². The van der Waals surface area contributed by atoms with E-state index >= 15 is 0 Å². The molecule has 0 aliphatic rings. The van der Waals surface area contributed by atoms with E-state index in [4.69, 9.17) is 16.3 Å². The number of fused-ring (bicyclic) bond motifs is 1. The van der Waals surface area contributed by atoms with E-state index in [0.717, 1.165) is 15.2 Å². The Morgan fingerprint density at radius 3 is 2.36 bits per heavy atom. The number of aromatic nitrogens is 1. The van der Waals surface area contributed by atoms with Crippen molar-refractivity contribution < 1.29 is 14.3 Å². The normalized spacial score (nSPS) is 10.8. The van der Waals surface area contributed by atoms with Crippen LogP contribution in [0.5, 0.6) is 0 Å². The molecule has 0 spiro atoms. The predicted molar refractivity (Wildman–Crippen MR) is 111 cm³/mol. The minimum absolute atomic E-state index is 0.330. The molecule has 0 aliphatic carbocycles. The van der Waals surface area contributed by atoms with Crippen LogP contribution >= 0.6 is 22.9 Å². The fraction of sp³-hybridized carbons (Fsp3) is 0.0455. The largest absolute Gasteiger partial charge is 0.454 e. The Kier molecular flexibility index (Phi) is 5.19. The van der Waals surface area contributed by atoms with E-state index in [1.165, 1.54) is 11.3 Å². The first-order chi connectivity index (χ1) is 13.6. The highest BCUT2D eigenvalue weighted by Crippen LogP contribution is 2.32. The number of hydrogen-bond donors (Lipinski definition) is 0. The molecule has 0 aliphatic heterocycles. The number of rotatable bonds is 5. The van der Waals surface area contributed by atoms with Gasteiger partial charge in [-0.15, -0.1) is 11.3 Å². The standard InChI is InChI=1S/C22H14ClNO3S/c23-17-10-4-3-9-16(17)19(25)13-27-22(26)15-8-2-1-7-14(15)21-24-18-11-5-6-12-20(18)28-21/h1-12H,13H2. The molecule has 6 heteroatoms. The van der Waals surface area contributed by atoms with Gasteiger partial charge in [0.2, 0.25) is 5.78 Å². The van der Waals surface area contributed by atoms with Gasteiger partial charge in [-0.05, 0) is 30.3 Å². The van der Waals surface area contributed by atoms with Crippen LogP contribution in [0.3, 0.4) is 0 Å². The van der Waals surface area contributed by atoms with E-state index in [1.807, 2.05) is 36.4 Å². The van der Waals surface area contributed by atoms with Gasteiger partial charge in [-0.3, -0.25) is 4.79 Å². The molecule has 4 nitrogen and oxygen atoms in total. The number of Topliss-reactive ketones (excluding diaryl/α,β-unsaturated/α-hetero) is 1. The van der Waals surface area contributed by atoms with Crippen molar-refractivity contribution in [2.75, 3.05) is 6.61 Å². The molecule has 0 saturated carbocycles. The van der Waals surface area contributed by atoms with Crippen LogP contribution < -0.4 is 0 Å². The quantitative estimate of drug-likeness (QED) is 0.316. The van der Waals surface area contributed by atoms with Crippen LogP contribution in [0.25, 0.3) is 20.8 Å². The summed E-state index contributed by atoms with van der Waals surface area (Å²) in [6, 6.07) is 21.6. The Labute approximate surface area is 170 Å². The summed E-state index contributed by atoms with van der Waals surface area (Å²) in [4.78, 5) is 29.6. The van der Waals surface area contributed by atoms with Crippen LogP contribution in [-0.2, 0) is 4.74 Å². The summed E-state index contributed by atoms with van der Waals surface area (Å²) in [5.74, 6) is -0.924. The van der Waals surface area contributed by atoms with E-state index in [2.05, 4.69) is 4.98 Å². The number of carbonyl (C=O) groups excluding carboxylic acids is 2. The molecule has 4 aromatic rings. The zero-order chi connectivity index (χ0) is 19.5. The molecule has 1 aromatic heterocycles. The first-order valence-electron chi connectivity index (χ1n) is 8.53. The summed E-state index contributed by atoms with van der Waals surface area (Å²) in [6.45, 7) is -0.378. The molecule has 0 amide bonds. The molecule has 0 bridgehead atoms. The lowest BCUT2D eigenvalue weighted by atomic mass is 10.1. The third-order valence-electron chi connectivity index (χ3n) is 4.18. The van der Waals surface area contributed by atoms with Crippen molar-refractivity contribution in [3.8, 4) is 10.6 Å².